The van der Waals surface area contributed by atoms with Gasteiger partial charge in [0.25, 0.3) is 0 Å². The molecule has 1 aliphatic carbocycles. The van der Waals surface area contributed by atoms with Crippen molar-refractivity contribution in [3.8, 4) is 5.75 Å². The molecule has 1 unspecified atom stereocenters. The highest BCUT2D eigenvalue weighted by atomic mass is 19.4. The maximum absolute atomic E-state index is 12.0. The van der Waals surface area contributed by atoms with Crippen molar-refractivity contribution >= 4 is 17.5 Å². The summed E-state index contributed by atoms with van der Waals surface area (Å²) in [6.07, 6.45) is -2.95. The van der Waals surface area contributed by atoms with E-state index in [2.05, 4.69) is 15.4 Å². The van der Waals surface area contributed by atoms with Crippen LogP contribution < -0.4 is 15.4 Å². The summed E-state index contributed by atoms with van der Waals surface area (Å²) in [6, 6.07) is 4.41. The van der Waals surface area contributed by atoms with E-state index in [-0.39, 0.29) is 18.2 Å². The molecular formula is C15H17F3N2O4. The van der Waals surface area contributed by atoms with E-state index in [1.54, 1.807) is 0 Å². The SMILES string of the molecule is O=C(NCCC(O)C1CC1)C(=O)Nc1ccc(OC(F)(F)F)cc1. The van der Waals surface area contributed by atoms with E-state index in [0.29, 0.717) is 6.42 Å². The molecule has 6 nitrogen and oxygen atoms in total. The standard InChI is InChI=1S/C15H17F3N2O4/c16-15(17,18)24-11-5-3-10(4-6-11)20-14(23)13(22)19-8-7-12(21)9-1-2-9/h3-6,9,12,21H,1-2,7-8H2,(H,19,22)(H,20,23). The molecule has 0 saturated heterocycles. The second-order valence-electron chi connectivity index (χ2n) is 5.48. The molecule has 132 valence electrons. The van der Waals surface area contributed by atoms with Crippen LogP contribution in [0.25, 0.3) is 0 Å². The number of anilines is 1. The van der Waals surface area contributed by atoms with Crippen molar-refractivity contribution in [3.63, 3.8) is 0 Å². The van der Waals surface area contributed by atoms with Crippen molar-refractivity contribution in [1.29, 1.82) is 0 Å². The number of halogens is 3. The van der Waals surface area contributed by atoms with Gasteiger partial charge in [0.15, 0.2) is 0 Å². The molecule has 1 atom stereocenters. The molecule has 0 aliphatic heterocycles. The second kappa shape index (κ2) is 7.52. The van der Waals surface area contributed by atoms with Gasteiger partial charge >= 0.3 is 18.2 Å². The second-order valence-corrected chi connectivity index (χ2v) is 5.48. The van der Waals surface area contributed by atoms with Crippen molar-refractivity contribution in [2.45, 2.75) is 31.7 Å². The van der Waals surface area contributed by atoms with Gasteiger partial charge < -0.3 is 20.5 Å². The van der Waals surface area contributed by atoms with Gasteiger partial charge in [0, 0.05) is 12.2 Å². The highest BCUT2D eigenvalue weighted by Crippen LogP contribution is 2.33. The summed E-state index contributed by atoms with van der Waals surface area (Å²) >= 11 is 0. The summed E-state index contributed by atoms with van der Waals surface area (Å²) in [6.45, 7) is 0.169. The molecule has 1 aliphatic rings. The van der Waals surface area contributed by atoms with Gasteiger partial charge in [0.05, 0.1) is 6.10 Å². The summed E-state index contributed by atoms with van der Waals surface area (Å²) in [5.41, 5.74) is 0.155. The largest absolute Gasteiger partial charge is 0.573 e. The molecule has 1 aromatic rings. The van der Waals surface area contributed by atoms with Gasteiger partial charge in [-0.2, -0.15) is 0 Å². The molecule has 0 spiro atoms. The average molecular weight is 346 g/mol. The third-order valence-corrected chi connectivity index (χ3v) is 3.44. The number of rotatable bonds is 6. The third-order valence-electron chi connectivity index (χ3n) is 3.44. The Hall–Kier alpha value is -2.29. The Kier molecular flexibility index (Phi) is 5.66. The Morgan fingerprint density at radius 3 is 2.38 bits per heavy atom. The van der Waals surface area contributed by atoms with Crippen molar-refractivity contribution in [1.82, 2.24) is 5.32 Å². The van der Waals surface area contributed by atoms with Crippen LogP contribution in [0.4, 0.5) is 18.9 Å². The number of amides is 2. The Balaban J connectivity index is 1.75. The van der Waals surface area contributed by atoms with Crippen molar-refractivity contribution < 1.29 is 32.6 Å². The van der Waals surface area contributed by atoms with Gasteiger partial charge in [0.1, 0.15) is 5.75 Å². The molecule has 0 aromatic heterocycles. The number of hydrogen-bond acceptors (Lipinski definition) is 4. The minimum Gasteiger partial charge on any atom is -0.406 e. The lowest BCUT2D eigenvalue weighted by molar-refractivity contribution is -0.274. The van der Waals surface area contributed by atoms with E-state index in [1.807, 2.05) is 0 Å². The van der Waals surface area contributed by atoms with Gasteiger partial charge in [-0.05, 0) is 49.4 Å². The van der Waals surface area contributed by atoms with Crippen LogP contribution in [-0.2, 0) is 9.59 Å². The number of carbonyl (C=O) groups is 2. The lowest BCUT2D eigenvalue weighted by Crippen LogP contribution is -2.37. The van der Waals surface area contributed by atoms with Crippen LogP contribution in [-0.4, -0.2) is 35.9 Å². The summed E-state index contributed by atoms with van der Waals surface area (Å²) in [5, 5.41) is 14.3. The Labute approximate surface area is 136 Å². The van der Waals surface area contributed by atoms with Crippen molar-refractivity contribution in [3.05, 3.63) is 24.3 Å². The number of hydrogen-bond donors (Lipinski definition) is 3. The number of benzene rings is 1. The van der Waals surface area contributed by atoms with Gasteiger partial charge in [-0.15, -0.1) is 13.2 Å². The summed E-state index contributed by atoms with van der Waals surface area (Å²) in [5.74, 6) is -1.97. The Bertz CT molecular complexity index is 585. The number of carbonyl (C=O) groups excluding carboxylic acids is 2. The first-order chi connectivity index (χ1) is 11.2. The van der Waals surface area contributed by atoms with Crippen molar-refractivity contribution in [2.75, 3.05) is 11.9 Å². The predicted octanol–water partition coefficient (Wildman–Crippen LogP) is 1.80. The molecule has 0 bridgehead atoms. The zero-order chi connectivity index (χ0) is 17.7. The first kappa shape index (κ1) is 18.1. The average Bonchev–Trinajstić information content (AvgIpc) is 3.32. The zero-order valence-electron chi connectivity index (χ0n) is 12.6. The van der Waals surface area contributed by atoms with E-state index < -0.39 is 30.0 Å². The smallest absolute Gasteiger partial charge is 0.406 e. The summed E-state index contributed by atoms with van der Waals surface area (Å²) < 4.78 is 39.8. The van der Waals surface area contributed by atoms with Crippen LogP contribution in [0.15, 0.2) is 24.3 Å². The van der Waals surface area contributed by atoms with E-state index in [1.165, 1.54) is 12.1 Å². The minimum atomic E-state index is -4.80. The van der Waals surface area contributed by atoms with Gasteiger partial charge in [-0.1, -0.05) is 0 Å². The number of aliphatic hydroxyl groups excluding tert-OH is 1. The van der Waals surface area contributed by atoms with E-state index >= 15 is 0 Å². The Morgan fingerprint density at radius 1 is 1.21 bits per heavy atom. The lowest BCUT2D eigenvalue weighted by Gasteiger charge is -2.11. The quantitative estimate of drug-likeness (QED) is 0.686. The first-order valence-electron chi connectivity index (χ1n) is 7.37. The molecule has 0 radical (unpaired) electrons. The molecule has 24 heavy (non-hydrogen) atoms. The minimum absolute atomic E-state index is 0.155. The fourth-order valence-electron chi connectivity index (χ4n) is 2.06. The number of alkyl halides is 3. The van der Waals surface area contributed by atoms with Gasteiger partial charge in [-0.25, -0.2) is 0 Å². The predicted molar refractivity (Wildman–Crippen MR) is 78.1 cm³/mol. The number of ether oxygens (including phenoxy) is 1. The van der Waals surface area contributed by atoms with Crippen LogP contribution in [0.5, 0.6) is 5.75 Å². The fourth-order valence-corrected chi connectivity index (χ4v) is 2.06. The zero-order valence-corrected chi connectivity index (χ0v) is 12.6. The Morgan fingerprint density at radius 2 is 1.83 bits per heavy atom. The molecular weight excluding hydrogens is 329 g/mol. The maximum Gasteiger partial charge on any atom is 0.573 e. The lowest BCUT2D eigenvalue weighted by atomic mass is 10.2. The van der Waals surface area contributed by atoms with Crippen LogP contribution >= 0.6 is 0 Å². The van der Waals surface area contributed by atoms with Crippen molar-refractivity contribution in [2.24, 2.45) is 5.92 Å². The highest BCUT2D eigenvalue weighted by molar-refractivity contribution is 6.39. The topological polar surface area (TPSA) is 87.7 Å². The van der Waals surface area contributed by atoms with E-state index in [4.69, 9.17) is 0 Å². The van der Waals surface area contributed by atoms with Crippen LogP contribution in [0.1, 0.15) is 19.3 Å². The van der Waals surface area contributed by atoms with Crippen LogP contribution in [0.2, 0.25) is 0 Å². The third kappa shape index (κ3) is 6.07. The summed E-state index contributed by atoms with van der Waals surface area (Å²) in [7, 11) is 0. The molecule has 9 heteroatoms. The van der Waals surface area contributed by atoms with Crippen LogP contribution in [0.3, 0.4) is 0 Å². The highest BCUT2D eigenvalue weighted by Gasteiger charge is 2.31. The monoisotopic (exact) mass is 346 g/mol. The number of aliphatic hydroxyl groups is 1. The normalized spacial score (nSPS) is 15.5. The molecule has 2 amide bonds. The molecule has 1 saturated carbocycles. The van der Waals surface area contributed by atoms with Crippen LogP contribution in [0, 0.1) is 5.92 Å². The maximum atomic E-state index is 12.0. The van der Waals surface area contributed by atoms with Gasteiger partial charge in [-0.3, -0.25) is 9.59 Å². The molecule has 1 fully saturated rings. The molecule has 0 heterocycles. The van der Waals surface area contributed by atoms with Gasteiger partial charge in [0.2, 0.25) is 0 Å². The van der Waals surface area contributed by atoms with E-state index in [0.717, 1.165) is 25.0 Å². The fraction of sp³-hybridized carbons (Fsp3) is 0.467. The molecule has 1 aromatic carbocycles. The molecule has 3 N–H and O–H groups in total. The first-order valence-corrected chi connectivity index (χ1v) is 7.37. The summed E-state index contributed by atoms with van der Waals surface area (Å²) in [4.78, 5) is 23.2. The van der Waals surface area contributed by atoms with E-state index in [9.17, 15) is 27.9 Å². The number of nitrogens with one attached hydrogen (secondary N) is 2. The molecule has 2 rings (SSSR count).